The van der Waals surface area contributed by atoms with E-state index in [1.54, 1.807) is 6.92 Å². The summed E-state index contributed by atoms with van der Waals surface area (Å²) < 4.78 is 5.86. The van der Waals surface area contributed by atoms with Crippen molar-refractivity contribution >= 4 is 5.97 Å². The van der Waals surface area contributed by atoms with Crippen molar-refractivity contribution in [2.24, 2.45) is 50.7 Å². The number of hydrogen-bond acceptors (Lipinski definition) is 3. The third-order valence-corrected chi connectivity index (χ3v) is 12.7. The zero-order valence-electron chi connectivity index (χ0n) is 20.9. The minimum Gasteiger partial charge on any atom is -0.462 e. The summed E-state index contributed by atoms with van der Waals surface area (Å²) in [6, 6.07) is 0. The molecule has 1 N–H and O–H groups in total. The summed E-state index contributed by atoms with van der Waals surface area (Å²) in [6.45, 7) is 14.4. The van der Waals surface area contributed by atoms with Crippen LogP contribution in [0.1, 0.15) is 106 Å². The summed E-state index contributed by atoms with van der Waals surface area (Å²) >= 11 is 0. The van der Waals surface area contributed by atoms with E-state index in [1.807, 2.05) is 0 Å². The van der Waals surface area contributed by atoms with Crippen LogP contribution in [0.2, 0.25) is 0 Å². The van der Waals surface area contributed by atoms with Crippen LogP contribution in [0.3, 0.4) is 0 Å². The average Bonchev–Trinajstić information content (AvgIpc) is 3.27. The molecule has 0 bridgehead atoms. The summed E-state index contributed by atoms with van der Waals surface area (Å²) in [7, 11) is 0. The van der Waals surface area contributed by atoms with Gasteiger partial charge in [-0.05, 0) is 110 Å². The smallest absolute Gasteiger partial charge is 0.302 e. The Morgan fingerprint density at radius 3 is 2.29 bits per heavy atom. The molecule has 0 aromatic heterocycles. The average molecular weight is 431 g/mol. The lowest BCUT2D eigenvalue weighted by molar-refractivity contribution is -0.181. The summed E-state index contributed by atoms with van der Waals surface area (Å²) in [5.41, 5.74) is 2.03. The Bertz CT molecular complexity index is 759. The Hall–Kier alpha value is -0.570. The van der Waals surface area contributed by atoms with Crippen LogP contribution in [-0.4, -0.2) is 23.8 Å². The number of hydrogen-bond donors (Lipinski definition) is 1. The van der Waals surface area contributed by atoms with Gasteiger partial charge in [-0.25, -0.2) is 0 Å². The third kappa shape index (κ3) is 2.59. The van der Waals surface area contributed by atoms with Gasteiger partial charge in [0.05, 0.1) is 0 Å². The number of rotatable bonds is 4. The van der Waals surface area contributed by atoms with Gasteiger partial charge in [-0.2, -0.15) is 0 Å². The van der Waals surface area contributed by atoms with Gasteiger partial charge in [0.15, 0.2) is 0 Å². The monoisotopic (exact) mass is 430 g/mol. The maximum absolute atomic E-state index is 11.8. The third-order valence-electron chi connectivity index (χ3n) is 12.7. The molecule has 0 aromatic carbocycles. The number of carbonyl (C=O) groups excluding carboxylic acids is 1. The largest absolute Gasteiger partial charge is 0.462 e. The van der Waals surface area contributed by atoms with Crippen LogP contribution in [-0.2, 0) is 9.53 Å². The van der Waals surface area contributed by atoms with E-state index in [1.165, 1.54) is 51.4 Å². The van der Waals surface area contributed by atoms with Gasteiger partial charge in [0.2, 0.25) is 0 Å². The quantitative estimate of drug-likeness (QED) is 0.527. The molecule has 2 spiro atoms. The molecule has 5 aliphatic carbocycles. The van der Waals surface area contributed by atoms with Crippen molar-refractivity contribution in [1.29, 1.82) is 0 Å². The number of aliphatic hydroxyl groups is 1. The van der Waals surface area contributed by atoms with E-state index in [0.29, 0.717) is 40.1 Å². The number of esters is 1. The van der Waals surface area contributed by atoms with Crippen molar-refractivity contribution in [2.75, 3.05) is 6.61 Å². The number of aliphatic hydroxyl groups excluding tert-OH is 1. The van der Waals surface area contributed by atoms with Gasteiger partial charge >= 0.3 is 5.97 Å². The molecule has 5 fully saturated rings. The number of ether oxygens (including phenoxy) is 1. The van der Waals surface area contributed by atoms with Crippen LogP contribution < -0.4 is 0 Å². The Morgan fingerprint density at radius 2 is 1.61 bits per heavy atom. The second kappa shape index (κ2) is 6.73. The zero-order chi connectivity index (χ0) is 22.4. The van der Waals surface area contributed by atoms with Crippen molar-refractivity contribution in [3.63, 3.8) is 0 Å². The van der Waals surface area contributed by atoms with Gasteiger partial charge in [-0.15, -0.1) is 0 Å². The first-order chi connectivity index (χ1) is 14.5. The highest BCUT2D eigenvalue weighted by atomic mass is 16.5. The minimum atomic E-state index is -0.108. The van der Waals surface area contributed by atoms with E-state index in [2.05, 4.69) is 34.6 Å². The predicted octanol–water partition coefficient (Wildman–Crippen LogP) is 6.38. The lowest BCUT2D eigenvalue weighted by Crippen LogP contribution is -2.58. The summed E-state index contributed by atoms with van der Waals surface area (Å²) in [5, 5.41) is 9.60. The van der Waals surface area contributed by atoms with Gasteiger partial charge in [0, 0.05) is 18.9 Å². The van der Waals surface area contributed by atoms with E-state index in [4.69, 9.17) is 4.74 Å². The molecule has 3 heteroatoms. The minimum absolute atomic E-state index is 0.0912. The van der Waals surface area contributed by atoms with E-state index in [-0.39, 0.29) is 17.5 Å². The first kappa shape index (κ1) is 22.2. The highest BCUT2D eigenvalue weighted by Crippen LogP contribution is 2.89. The maximum Gasteiger partial charge on any atom is 0.302 e. The molecule has 31 heavy (non-hydrogen) atoms. The van der Waals surface area contributed by atoms with E-state index >= 15 is 0 Å². The molecule has 5 rings (SSSR count). The van der Waals surface area contributed by atoms with Crippen LogP contribution in [0.4, 0.5) is 0 Å². The highest BCUT2D eigenvalue weighted by molar-refractivity contribution is 5.66. The van der Waals surface area contributed by atoms with Crippen molar-refractivity contribution in [2.45, 2.75) is 112 Å². The summed E-state index contributed by atoms with van der Waals surface area (Å²) in [6.07, 6.45) is 13.0. The standard InChI is InChI=1S/C28H46O3/c1-18(11-16-29)20-9-12-26(6)22-8-7-21-24(3,4)23(31-19(2)30)10-13-27(21)17-28(22,27)15-14-25(20,26)5/h18,20-23,29H,7-17H2,1-6H3/t18-,20-,21?,22+,23+,25-,26?,27-,28?/m1/s1. The molecular formula is C28H46O3. The molecule has 176 valence electrons. The predicted molar refractivity (Wildman–Crippen MR) is 123 cm³/mol. The van der Waals surface area contributed by atoms with Crippen molar-refractivity contribution in [3.8, 4) is 0 Å². The SMILES string of the molecule is CC(=O)O[C@H]1CC[C@]23CC24CC[C@]2(C)[C@@H]([C@H](C)CCO)CCC2(C)[C@@H]4CCC3C1(C)C. The summed E-state index contributed by atoms with van der Waals surface area (Å²) in [5.74, 6) is 2.86. The molecule has 9 atom stereocenters. The number of fused-ring (bicyclic) bond motifs is 2. The Kier molecular flexibility index (Phi) is 4.83. The van der Waals surface area contributed by atoms with E-state index < -0.39 is 0 Å². The summed E-state index contributed by atoms with van der Waals surface area (Å²) in [4.78, 5) is 11.8. The fourth-order valence-electron chi connectivity index (χ4n) is 11.1. The van der Waals surface area contributed by atoms with Gasteiger partial charge < -0.3 is 9.84 Å². The van der Waals surface area contributed by atoms with Crippen molar-refractivity contribution in [3.05, 3.63) is 0 Å². The molecule has 0 aromatic rings. The van der Waals surface area contributed by atoms with Crippen molar-refractivity contribution in [1.82, 2.24) is 0 Å². The van der Waals surface area contributed by atoms with Crippen molar-refractivity contribution < 1.29 is 14.6 Å². The van der Waals surface area contributed by atoms with Crippen LogP contribution in [0.5, 0.6) is 0 Å². The fourth-order valence-corrected chi connectivity index (χ4v) is 11.1. The normalized spacial score (nSPS) is 52.9. The highest BCUT2D eigenvalue weighted by Gasteiger charge is 2.82. The molecule has 5 aliphatic rings. The first-order valence-corrected chi connectivity index (χ1v) is 13.3. The molecule has 0 saturated heterocycles. The second-order valence-corrected chi connectivity index (χ2v) is 13.6. The number of carbonyl (C=O) groups is 1. The molecule has 3 nitrogen and oxygen atoms in total. The van der Waals surface area contributed by atoms with Gasteiger partial charge in [-0.1, -0.05) is 34.6 Å². The van der Waals surface area contributed by atoms with Gasteiger partial charge in [0.25, 0.3) is 0 Å². The van der Waals surface area contributed by atoms with Gasteiger partial charge in [-0.3, -0.25) is 4.79 Å². The molecule has 0 radical (unpaired) electrons. The maximum atomic E-state index is 11.8. The van der Waals surface area contributed by atoms with Gasteiger partial charge in [0.1, 0.15) is 6.10 Å². The Labute approximate surface area is 190 Å². The van der Waals surface area contributed by atoms with Crippen LogP contribution in [0, 0.1) is 50.7 Å². The lowest BCUT2D eigenvalue weighted by Gasteiger charge is -2.63. The van der Waals surface area contributed by atoms with Crippen LogP contribution in [0.15, 0.2) is 0 Å². The topological polar surface area (TPSA) is 46.5 Å². The Morgan fingerprint density at radius 1 is 0.935 bits per heavy atom. The molecule has 3 unspecified atom stereocenters. The molecular weight excluding hydrogens is 384 g/mol. The first-order valence-electron chi connectivity index (χ1n) is 13.3. The molecule has 0 amide bonds. The molecule has 0 aliphatic heterocycles. The second-order valence-electron chi connectivity index (χ2n) is 13.6. The fraction of sp³-hybridized carbons (Fsp3) is 0.964. The van der Waals surface area contributed by atoms with E-state index in [9.17, 15) is 9.90 Å². The molecule has 0 heterocycles. The van der Waals surface area contributed by atoms with Crippen LogP contribution >= 0.6 is 0 Å². The zero-order valence-corrected chi connectivity index (χ0v) is 20.9. The van der Waals surface area contributed by atoms with E-state index in [0.717, 1.165) is 24.7 Å². The lowest BCUT2D eigenvalue weighted by atomic mass is 9.41. The van der Waals surface area contributed by atoms with Crippen LogP contribution in [0.25, 0.3) is 0 Å². The Balaban J connectivity index is 1.45. The molecule has 5 saturated carbocycles.